The van der Waals surface area contributed by atoms with Crippen LogP contribution in [0.4, 0.5) is 0 Å². The molecule has 0 heterocycles. The number of ether oxygens (including phenoxy) is 1. The smallest absolute Gasteiger partial charge is 0.305 e. The fourth-order valence-electron chi connectivity index (χ4n) is 9.21. The van der Waals surface area contributed by atoms with Crippen molar-refractivity contribution in [3.05, 3.63) is 36.5 Å². The third-order valence-electron chi connectivity index (χ3n) is 13.9. The lowest BCUT2D eigenvalue weighted by Crippen LogP contribution is -2.45. The van der Waals surface area contributed by atoms with E-state index in [4.69, 9.17) is 4.74 Å². The number of allylic oxidation sites excluding steroid dienone is 5. The second kappa shape index (κ2) is 57.7. The van der Waals surface area contributed by atoms with Crippen molar-refractivity contribution in [3.63, 3.8) is 0 Å². The van der Waals surface area contributed by atoms with Crippen molar-refractivity contribution in [1.82, 2.24) is 5.32 Å². The molecule has 0 saturated carbocycles. The summed E-state index contributed by atoms with van der Waals surface area (Å²) >= 11 is 0. The van der Waals surface area contributed by atoms with Crippen molar-refractivity contribution in [2.45, 2.75) is 334 Å². The molecule has 0 fully saturated rings. The second-order valence-electron chi connectivity index (χ2n) is 20.7. The molecule has 0 aromatic rings. The highest BCUT2D eigenvalue weighted by molar-refractivity contribution is 5.76. The summed E-state index contributed by atoms with van der Waals surface area (Å²) in [6, 6.07) is -0.638. The summed E-state index contributed by atoms with van der Waals surface area (Å²) in [6.45, 7) is 4.89. The van der Waals surface area contributed by atoms with Gasteiger partial charge >= 0.3 is 5.97 Å². The first-order chi connectivity index (χ1) is 33.5. The number of nitrogens with one attached hydrogen (secondary N) is 1. The van der Waals surface area contributed by atoms with Crippen molar-refractivity contribution in [2.24, 2.45) is 0 Å². The number of carbonyl (C=O) groups excluding carboxylic acids is 2. The third-order valence-corrected chi connectivity index (χ3v) is 13.9. The van der Waals surface area contributed by atoms with Crippen LogP contribution >= 0.6 is 0 Å². The maximum absolute atomic E-state index is 12.5. The molecule has 0 bridgehead atoms. The van der Waals surface area contributed by atoms with E-state index in [9.17, 15) is 19.8 Å². The average Bonchev–Trinajstić information content (AvgIpc) is 3.34. The molecule has 6 heteroatoms. The van der Waals surface area contributed by atoms with Crippen molar-refractivity contribution in [2.75, 3.05) is 13.2 Å². The predicted molar refractivity (Wildman–Crippen MR) is 296 cm³/mol. The van der Waals surface area contributed by atoms with E-state index in [-0.39, 0.29) is 18.5 Å². The van der Waals surface area contributed by atoms with Crippen LogP contribution in [0.15, 0.2) is 36.5 Å². The van der Waals surface area contributed by atoms with Gasteiger partial charge in [0.15, 0.2) is 0 Å². The largest absolute Gasteiger partial charge is 0.466 e. The zero-order valence-electron chi connectivity index (χ0n) is 45.6. The number of aliphatic hydroxyl groups excluding tert-OH is 2. The number of unbranched alkanes of at least 4 members (excludes halogenated alkanes) is 41. The van der Waals surface area contributed by atoms with E-state index in [1.165, 1.54) is 238 Å². The Morgan fingerprint density at radius 2 is 0.691 bits per heavy atom. The summed E-state index contributed by atoms with van der Waals surface area (Å²) in [4.78, 5) is 24.5. The molecule has 0 aromatic carbocycles. The maximum Gasteiger partial charge on any atom is 0.305 e. The average molecular weight is 957 g/mol. The predicted octanol–water partition coefficient (Wildman–Crippen LogP) is 18.8. The van der Waals surface area contributed by atoms with Crippen LogP contribution in [0.3, 0.4) is 0 Å². The summed E-state index contributed by atoms with van der Waals surface area (Å²) in [7, 11) is 0. The van der Waals surface area contributed by atoms with Gasteiger partial charge in [0.25, 0.3) is 0 Å². The van der Waals surface area contributed by atoms with Gasteiger partial charge in [-0.2, -0.15) is 0 Å². The molecule has 0 aliphatic heterocycles. The fourth-order valence-corrected chi connectivity index (χ4v) is 9.21. The lowest BCUT2D eigenvalue weighted by Gasteiger charge is -2.20. The Kier molecular flexibility index (Phi) is 56.0. The first-order valence-electron chi connectivity index (χ1n) is 30.3. The first kappa shape index (κ1) is 66.1. The van der Waals surface area contributed by atoms with Gasteiger partial charge in [-0.15, -0.1) is 0 Å². The molecule has 0 radical (unpaired) electrons. The monoisotopic (exact) mass is 956 g/mol. The number of carbonyl (C=O) groups is 2. The summed E-state index contributed by atoms with van der Waals surface area (Å²) < 4.78 is 5.49. The standard InChI is InChI=1S/C62H117NO5/c1-3-5-7-9-11-13-15-17-19-20-24-28-32-36-40-44-48-52-56-62(67)68-57-53-49-45-41-37-33-29-25-22-21-23-27-31-35-39-43-47-51-55-61(66)63-59(58-64)60(65)54-50-46-42-38-34-30-26-18-16-14-12-10-8-6-4-2/h19-20,23,27,50,54,59-60,64-65H,3-18,21-22,24-26,28-49,51-53,55-58H2,1-2H3,(H,63,66)/b20-19-,27-23-,54-50+. The van der Waals surface area contributed by atoms with E-state index in [0.717, 1.165) is 57.8 Å². The summed E-state index contributed by atoms with van der Waals surface area (Å²) in [5.41, 5.74) is 0. The topological polar surface area (TPSA) is 95.9 Å². The van der Waals surface area contributed by atoms with Gasteiger partial charge in [-0.25, -0.2) is 0 Å². The number of aliphatic hydroxyl groups is 2. The van der Waals surface area contributed by atoms with E-state index in [1.807, 2.05) is 6.08 Å². The molecule has 0 spiro atoms. The minimum atomic E-state index is -0.853. The van der Waals surface area contributed by atoms with Crippen LogP contribution in [0.5, 0.6) is 0 Å². The number of esters is 1. The van der Waals surface area contributed by atoms with Crippen LogP contribution in [0, 0.1) is 0 Å². The summed E-state index contributed by atoms with van der Waals surface area (Å²) in [5.74, 6) is -0.0825. The lowest BCUT2D eigenvalue weighted by molar-refractivity contribution is -0.143. The molecule has 2 atom stereocenters. The molecule has 2 unspecified atom stereocenters. The number of hydrogen-bond acceptors (Lipinski definition) is 5. The molecule has 0 aromatic heterocycles. The van der Waals surface area contributed by atoms with E-state index in [1.54, 1.807) is 6.08 Å². The number of hydrogen-bond donors (Lipinski definition) is 3. The molecule has 0 saturated heterocycles. The van der Waals surface area contributed by atoms with Gasteiger partial charge in [0, 0.05) is 12.8 Å². The van der Waals surface area contributed by atoms with E-state index >= 15 is 0 Å². The van der Waals surface area contributed by atoms with Crippen molar-refractivity contribution >= 4 is 11.9 Å². The lowest BCUT2D eigenvalue weighted by atomic mass is 10.0. The van der Waals surface area contributed by atoms with Gasteiger partial charge in [0.1, 0.15) is 0 Å². The second-order valence-corrected chi connectivity index (χ2v) is 20.7. The van der Waals surface area contributed by atoms with Crippen LogP contribution in [0.25, 0.3) is 0 Å². The maximum atomic E-state index is 12.5. The van der Waals surface area contributed by atoms with Crippen LogP contribution in [0.2, 0.25) is 0 Å². The van der Waals surface area contributed by atoms with Crippen LogP contribution in [0.1, 0.15) is 322 Å². The molecular formula is C62H117NO5. The van der Waals surface area contributed by atoms with Crippen LogP contribution < -0.4 is 5.32 Å². The van der Waals surface area contributed by atoms with Crippen LogP contribution in [-0.2, 0) is 14.3 Å². The van der Waals surface area contributed by atoms with E-state index in [0.29, 0.717) is 19.4 Å². The van der Waals surface area contributed by atoms with Crippen molar-refractivity contribution < 1.29 is 24.5 Å². The molecular weight excluding hydrogens is 839 g/mol. The molecule has 0 rings (SSSR count). The quantitative estimate of drug-likeness (QED) is 0.0321. The molecule has 1 amide bonds. The van der Waals surface area contributed by atoms with Crippen molar-refractivity contribution in [1.29, 1.82) is 0 Å². The molecule has 0 aliphatic carbocycles. The van der Waals surface area contributed by atoms with Gasteiger partial charge in [0.05, 0.1) is 25.4 Å². The highest BCUT2D eigenvalue weighted by Gasteiger charge is 2.18. The van der Waals surface area contributed by atoms with Gasteiger partial charge < -0.3 is 20.3 Å². The molecule has 3 N–H and O–H groups in total. The van der Waals surface area contributed by atoms with Gasteiger partial charge in [-0.3, -0.25) is 9.59 Å². The van der Waals surface area contributed by atoms with E-state index in [2.05, 4.69) is 43.5 Å². The molecule has 400 valence electrons. The number of rotatable bonds is 56. The zero-order chi connectivity index (χ0) is 49.3. The Morgan fingerprint density at radius 1 is 0.397 bits per heavy atom. The Morgan fingerprint density at radius 3 is 1.04 bits per heavy atom. The van der Waals surface area contributed by atoms with E-state index < -0.39 is 12.1 Å². The minimum Gasteiger partial charge on any atom is -0.466 e. The molecule has 6 nitrogen and oxygen atoms in total. The highest BCUT2D eigenvalue weighted by atomic mass is 16.5. The minimum absolute atomic E-state index is 0.000815. The Hall–Kier alpha value is -1.92. The SMILES string of the molecule is CCCCCCCCC/C=C\CCCCCCCCCC(=O)OCCCCCCCCCCC/C=C\CCCCCCCC(=O)NC(CO)C(O)/C=C/CCCCCCCCCCCCCCC. The molecule has 0 aliphatic rings. The number of amides is 1. The van der Waals surface area contributed by atoms with Crippen LogP contribution in [-0.4, -0.2) is 47.4 Å². The Labute approximate surface area is 424 Å². The Balaban J connectivity index is 3.46. The third kappa shape index (κ3) is 53.4. The first-order valence-corrected chi connectivity index (χ1v) is 30.3. The van der Waals surface area contributed by atoms with Gasteiger partial charge in [-0.1, -0.05) is 262 Å². The molecule has 68 heavy (non-hydrogen) atoms. The highest BCUT2D eigenvalue weighted by Crippen LogP contribution is 2.16. The normalized spacial score (nSPS) is 12.8. The zero-order valence-corrected chi connectivity index (χ0v) is 45.6. The summed E-state index contributed by atoms with van der Waals surface area (Å²) in [5, 5.41) is 23.1. The van der Waals surface area contributed by atoms with Gasteiger partial charge in [-0.05, 0) is 83.5 Å². The Bertz CT molecular complexity index is 1100. The van der Waals surface area contributed by atoms with Gasteiger partial charge in [0.2, 0.25) is 5.91 Å². The fraction of sp³-hybridized carbons (Fsp3) is 0.871. The summed E-state index contributed by atoms with van der Waals surface area (Å²) in [6.07, 6.45) is 71.7. The van der Waals surface area contributed by atoms with Crippen molar-refractivity contribution in [3.8, 4) is 0 Å².